The van der Waals surface area contributed by atoms with E-state index >= 15 is 0 Å². The van der Waals surface area contributed by atoms with Crippen molar-refractivity contribution >= 4 is 0 Å². The summed E-state index contributed by atoms with van der Waals surface area (Å²) >= 11 is 0. The summed E-state index contributed by atoms with van der Waals surface area (Å²) in [5.74, 6) is 0. The topological polar surface area (TPSA) is 51.8 Å². The van der Waals surface area contributed by atoms with Crippen LogP contribution in [0.5, 0.6) is 0 Å². The van der Waals surface area contributed by atoms with Crippen LogP contribution in [0.2, 0.25) is 0 Å². The van der Waals surface area contributed by atoms with Crippen molar-refractivity contribution < 1.29 is 4.42 Å². The lowest BCUT2D eigenvalue weighted by molar-refractivity contribution is 0.568. The van der Waals surface area contributed by atoms with Crippen LogP contribution in [-0.2, 0) is 0 Å². The quantitative estimate of drug-likeness (QED) is 0.560. The standard InChI is InChI=1S/C19H13N3O/c1-2-7-21-17(3-1)19-12-16(15-6-10-23-13-15)11-18(22-19)14-4-8-20-9-5-14/h1-13H. The lowest BCUT2D eigenvalue weighted by atomic mass is 10.0. The summed E-state index contributed by atoms with van der Waals surface area (Å²) < 4.78 is 5.21. The van der Waals surface area contributed by atoms with Gasteiger partial charge in [-0.3, -0.25) is 9.97 Å². The first kappa shape index (κ1) is 13.4. The molecule has 4 rings (SSSR count). The maximum Gasteiger partial charge on any atom is 0.0980 e. The molecule has 4 aromatic rings. The molecular weight excluding hydrogens is 286 g/mol. The average Bonchev–Trinajstić information content (AvgIpc) is 3.18. The van der Waals surface area contributed by atoms with Crippen molar-refractivity contribution in [2.75, 3.05) is 0 Å². The number of hydrogen-bond acceptors (Lipinski definition) is 4. The van der Waals surface area contributed by atoms with Crippen LogP contribution in [0.4, 0.5) is 0 Å². The van der Waals surface area contributed by atoms with Gasteiger partial charge in [0.25, 0.3) is 0 Å². The Bertz CT molecular complexity index is 846. The third kappa shape index (κ3) is 2.74. The number of aromatic nitrogens is 3. The Morgan fingerprint density at radius 3 is 2.30 bits per heavy atom. The van der Waals surface area contributed by atoms with Gasteiger partial charge in [0.2, 0.25) is 0 Å². The van der Waals surface area contributed by atoms with Gasteiger partial charge >= 0.3 is 0 Å². The molecule has 0 N–H and O–H groups in total. The van der Waals surface area contributed by atoms with Gasteiger partial charge in [0.05, 0.1) is 29.6 Å². The van der Waals surface area contributed by atoms with E-state index in [2.05, 4.69) is 9.97 Å². The third-order valence-electron chi connectivity index (χ3n) is 3.58. The summed E-state index contributed by atoms with van der Waals surface area (Å²) in [5, 5.41) is 0. The first-order valence-corrected chi connectivity index (χ1v) is 7.26. The van der Waals surface area contributed by atoms with Crippen LogP contribution < -0.4 is 0 Å². The molecule has 0 aliphatic heterocycles. The van der Waals surface area contributed by atoms with Crippen molar-refractivity contribution in [3.8, 4) is 33.8 Å². The molecule has 4 heteroatoms. The largest absolute Gasteiger partial charge is 0.472 e. The van der Waals surface area contributed by atoms with Crippen molar-refractivity contribution in [3.63, 3.8) is 0 Å². The van der Waals surface area contributed by atoms with Crippen LogP contribution in [0.1, 0.15) is 0 Å². The average molecular weight is 299 g/mol. The van der Waals surface area contributed by atoms with Gasteiger partial charge in [-0.15, -0.1) is 0 Å². The van der Waals surface area contributed by atoms with Crippen molar-refractivity contribution in [1.29, 1.82) is 0 Å². The van der Waals surface area contributed by atoms with Crippen LogP contribution in [-0.4, -0.2) is 15.0 Å². The zero-order chi connectivity index (χ0) is 15.5. The second-order valence-electron chi connectivity index (χ2n) is 5.09. The third-order valence-corrected chi connectivity index (χ3v) is 3.58. The van der Waals surface area contributed by atoms with Crippen molar-refractivity contribution in [2.24, 2.45) is 0 Å². The molecule has 0 atom stereocenters. The summed E-state index contributed by atoms with van der Waals surface area (Å²) in [6.45, 7) is 0. The maximum absolute atomic E-state index is 5.21. The molecule has 4 heterocycles. The van der Waals surface area contributed by atoms with E-state index in [1.807, 2.05) is 48.5 Å². The van der Waals surface area contributed by atoms with E-state index in [9.17, 15) is 0 Å². The van der Waals surface area contributed by atoms with Gasteiger partial charge in [0.1, 0.15) is 0 Å². The van der Waals surface area contributed by atoms with E-state index in [0.29, 0.717) is 0 Å². The minimum atomic E-state index is 0.830. The van der Waals surface area contributed by atoms with E-state index in [0.717, 1.165) is 33.8 Å². The molecule has 0 saturated heterocycles. The van der Waals surface area contributed by atoms with Gasteiger partial charge in [-0.2, -0.15) is 0 Å². The smallest absolute Gasteiger partial charge is 0.0980 e. The molecule has 0 spiro atoms. The molecule has 0 aliphatic carbocycles. The molecule has 4 aromatic heterocycles. The number of furan rings is 1. The summed E-state index contributed by atoms with van der Waals surface area (Å²) in [6, 6.07) is 15.7. The van der Waals surface area contributed by atoms with Gasteiger partial charge in [0, 0.05) is 29.7 Å². The number of hydrogen-bond donors (Lipinski definition) is 0. The molecule has 0 aliphatic rings. The first-order chi connectivity index (χ1) is 11.4. The van der Waals surface area contributed by atoms with E-state index in [-0.39, 0.29) is 0 Å². The number of rotatable bonds is 3. The Balaban J connectivity index is 1.91. The van der Waals surface area contributed by atoms with Gasteiger partial charge in [-0.25, -0.2) is 4.98 Å². The SMILES string of the molecule is c1ccc(-c2cc(-c3ccoc3)cc(-c3ccncc3)n2)nc1. The van der Waals surface area contributed by atoms with Crippen LogP contribution in [0.3, 0.4) is 0 Å². The molecule has 0 bridgehead atoms. The Kier molecular flexibility index (Phi) is 3.41. The maximum atomic E-state index is 5.21. The lowest BCUT2D eigenvalue weighted by Crippen LogP contribution is -1.92. The monoisotopic (exact) mass is 299 g/mol. The molecule has 0 radical (unpaired) electrons. The van der Waals surface area contributed by atoms with Crippen LogP contribution in [0.25, 0.3) is 33.8 Å². The Labute approximate surface area is 133 Å². The van der Waals surface area contributed by atoms with Crippen molar-refractivity contribution in [2.45, 2.75) is 0 Å². The molecular formula is C19H13N3O. The Hall–Kier alpha value is -3.27. The van der Waals surface area contributed by atoms with E-state index in [1.54, 1.807) is 31.1 Å². The molecule has 110 valence electrons. The Morgan fingerprint density at radius 2 is 1.57 bits per heavy atom. The highest BCUT2D eigenvalue weighted by atomic mass is 16.3. The minimum absolute atomic E-state index is 0.830. The van der Waals surface area contributed by atoms with E-state index < -0.39 is 0 Å². The molecule has 0 saturated carbocycles. The summed E-state index contributed by atoms with van der Waals surface area (Å²) in [4.78, 5) is 13.2. The molecule has 0 fully saturated rings. The van der Waals surface area contributed by atoms with Gasteiger partial charge in [-0.1, -0.05) is 6.07 Å². The van der Waals surface area contributed by atoms with Crippen LogP contribution in [0, 0.1) is 0 Å². The van der Waals surface area contributed by atoms with Gasteiger partial charge < -0.3 is 4.42 Å². The number of pyridine rings is 3. The lowest BCUT2D eigenvalue weighted by Gasteiger charge is -2.08. The second-order valence-corrected chi connectivity index (χ2v) is 5.09. The summed E-state index contributed by atoms with van der Waals surface area (Å²) in [6.07, 6.45) is 8.70. The predicted molar refractivity (Wildman–Crippen MR) is 88.4 cm³/mol. The number of nitrogens with zero attached hydrogens (tertiary/aromatic N) is 3. The zero-order valence-corrected chi connectivity index (χ0v) is 12.3. The molecule has 23 heavy (non-hydrogen) atoms. The fourth-order valence-electron chi connectivity index (χ4n) is 2.44. The van der Waals surface area contributed by atoms with E-state index in [1.165, 1.54) is 0 Å². The van der Waals surface area contributed by atoms with E-state index in [4.69, 9.17) is 9.40 Å². The van der Waals surface area contributed by atoms with Gasteiger partial charge in [-0.05, 0) is 48.0 Å². The summed E-state index contributed by atoms with van der Waals surface area (Å²) in [7, 11) is 0. The normalized spacial score (nSPS) is 10.6. The fourth-order valence-corrected chi connectivity index (χ4v) is 2.44. The summed E-state index contributed by atoms with van der Waals surface area (Å²) in [5.41, 5.74) is 5.62. The molecule has 0 amide bonds. The molecule has 0 aromatic carbocycles. The van der Waals surface area contributed by atoms with Crippen LogP contribution >= 0.6 is 0 Å². The predicted octanol–water partition coefficient (Wildman–Crippen LogP) is 4.47. The highest BCUT2D eigenvalue weighted by molar-refractivity contribution is 5.75. The highest BCUT2D eigenvalue weighted by Crippen LogP contribution is 2.29. The fraction of sp³-hybridized carbons (Fsp3) is 0. The Morgan fingerprint density at radius 1 is 0.696 bits per heavy atom. The van der Waals surface area contributed by atoms with Gasteiger partial charge in [0.15, 0.2) is 0 Å². The second kappa shape index (κ2) is 5.85. The van der Waals surface area contributed by atoms with Crippen molar-refractivity contribution in [1.82, 2.24) is 15.0 Å². The molecule has 4 nitrogen and oxygen atoms in total. The van der Waals surface area contributed by atoms with Crippen LogP contribution in [0.15, 0.2) is 84.1 Å². The van der Waals surface area contributed by atoms with Crippen molar-refractivity contribution in [3.05, 3.63) is 79.6 Å². The first-order valence-electron chi connectivity index (χ1n) is 7.26. The zero-order valence-electron chi connectivity index (χ0n) is 12.3. The highest BCUT2D eigenvalue weighted by Gasteiger charge is 2.09. The molecule has 0 unspecified atom stereocenters. The minimum Gasteiger partial charge on any atom is -0.472 e.